The molecule has 1 atom stereocenters. The standard InChI is InChI=1S/C15H29NO5/c1-5-20-9-7-16(10-13(4)15(18)19)14(17)6-8-21-11-12(2)3/h12-13H,5-11H2,1-4H3,(H,18,19)/t13-/m1/s1. The summed E-state index contributed by atoms with van der Waals surface area (Å²) in [6, 6.07) is 0. The third kappa shape index (κ3) is 10.3. The fourth-order valence-corrected chi connectivity index (χ4v) is 1.68. The van der Waals surface area contributed by atoms with Gasteiger partial charge < -0.3 is 19.5 Å². The number of hydrogen-bond donors (Lipinski definition) is 1. The highest BCUT2D eigenvalue weighted by Gasteiger charge is 2.20. The third-order valence-electron chi connectivity index (χ3n) is 2.89. The van der Waals surface area contributed by atoms with Gasteiger partial charge in [0.25, 0.3) is 0 Å². The summed E-state index contributed by atoms with van der Waals surface area (Å²) in [4.78, 5) is 24.6. The van der Waals surface area contributed by atoms with Gasteiger partial charge in [0.1, 0.15) is 0 Å². The van der Waals surface area contributed by atoms with Crippen molar-refractivity contribution in [3.05, 3.63) is 0 Å². The first-order valence-electron chi connectivity index (χ1n) is 7.54. The van der Waals surface area contributed by atoms with E-state index in [0.29, 0.717) is 38.9 Å². The summed E-state index contributed by atoms with van der Waals surface area (Å²) < 4.78 is 10.6. The number of nitrogens with zero attached hydrogens (tertiary/aromatic N) is 1. The van der Waals surface area contributed by atoms with Crippen LogP contribution in [0.25, 0.3) is 0 Å². The van der Waals surface area contributed by atoms with Crippen LogP contribution in [-0.4, -0.2) is 61.4 Å². The van der Waals surface area contributed by atoms with Gasteiger partial charge in [-0.2, -0.15) is 0 Å². The minimum absolute atomic E-state index is 0.0911. The molecule has 0 aliphatic heterocycles. The topological polar surface area (TPSA) is 76.1 Å². The molecule has 0 heterocycles. The maximum absolute atomic E-state index is 12.1. The summed E-state index contributed by atoms with van der Waals surface area (Å²) >= 11 is 0. The SMILES string of the molecule is CCOCCN(C[C@@H](C)C(=O)O)C(=O)CCOCC(C)C. The molecule has 0 aliphatic carbocycles. The van der Waals surface area contributed by atoms with Crippen LogP contribution in [-0.2, 0) is 19.1 Å². The molecule has 6 nitrogen and oxygen atoms in total. The summed E-state index contributed by atoms with van der Waals surface area (Å²) in [5.74, 6) is -1.15. The molecule has 0 saturated heterocycles. The van der Waals surface area contributed by atoms with Crippen LogP contribution < -0.4 is 0 Å². The molecule has 1 amide bonds. The van der Waals surface area contributed by atoms with Crippen LogP contribution in [0.1, 0.15) is 34.1 Å². The van der Waals surface area contributed by atoms with E-state index in [1.165, 1.54) is 0 Å². The zero-order valence-electron chi connectivity index (χ0n) is 13.6. The maximum atomic E-state index is 12.1. The Labute approximate surface area is 127 Å². The zero-order chi connectivity index (χ0) is 16.3. The Morgan fingerprint density at radius 3 is 2.33 bits per heavy atom. The number of carbonyl (C=O) groups is 2. The smallest absolute Gasteiger partial charge is 0.308 e. The highest BCUT2D eigenvalue weighted by atomic mass is 16.5. The van der Waals surface area contributed by atoms with E-state index in [0.717, 1.165) is 0 Å². The van der Waals surface area contributed by atoms with Crippen molar-refractivity contribution >= 4 is 11.9 Å². The first kappa shape index (κ1) is 19.9. The second-order valence-electron chi connectivity index (χ2n) is 5.49. The quantitative estimate of drug-likeness (QED) is 0.555. The van der Waals surface area contributed by atoms with Crippen LogP contribution >= 0.6 is 0 Å². The Morgan fingerprint density at radius 2 is 1.81 bits per heavy atom. The zero-order valence-corrected chi connectivity index (χ0v) is 13.6. The van der Waals surface area contributed by atoms with Crippen molar-refractivity contribution in [3.63, 3.8) is 0 Å². The summed E-state index contributed by atoms with van der Waals surface area (Å²) in [6.45, 7) is 10.2. The molecule has 124 valence electrons. The number of ether oxygens (including phenoxy) is 2. The van der Waals surface area contributed by atoms with Crippen LogP contribution in [0.15, 0.2) is 0 Å². The van der Waals surface area contributed by atoms with E-state index in [4.69, 9.17) is 14.6 Å². The van der Waals surface area contributed by atoms with Crippen LogP contribution in [0.4, 0.5) is 0 Å². The van der Waals surface area contributed by atoms with Crippen LogP contribution in [0.5, 0.6) is 0 Å². The normalized spacial score (nSPS) is 12.4. The van der Waals surface area contributed by atoms with Crippen molar-refractivity contribution in [1.29, 1.82) is 0 Å². The van der Waals surface area contributed by atoms with Gasteiger partial charge in [0.05, 0.1) is 25.6 Å². The van der Waals surface area contributed by atoms with Gasteiger partial charge in [-0.1, -0.05) is 20.8 Å². The molecule has 0 aromatic heterocycles. The lowest BCUT2D eigenvalue weighted by Gasteiger charge is -2.24. The number of hydrogen-bond acceptors (Lipinski definition) is 4. The van der Waals surface area contributed by atoms with E-state index < -0.39 is 11.9 Å². The molecule has 0 fully saturated rings. The van der Waals surface area contributed by atoms with Crippen molar-refractivity contribution in [2.45, 2.75) is 34.1 Å². The van der Waals surface area contributed by atoms with E-state index in [9.17, 15) is 9.59 Å². The average Bonchev–Trinajstić information content (AvgIpc) is 2.41. The predicted octanol–water partition coefficient (Wildman–Crippen LogP) is 1.63. The van der Waals surface area contributed by atoms with Crippen molar-refractivity contribution < 1.29 is 24.2 Å². The highest BCUT2D eigenvalue weighted by molar-refractivity contribution is 5.77. The summed E-state index contributed by atoms with van der Waals surface area (Å²) in [7, 11) is 0. The van der Waals surface area contributed by atoms with Crippen molar-refractivity contribution in [3.8, 4) is 0 Å². The molecule has 0 rings (SSSR count). The Hall–Kier alpha value is -1.14. The summed E-state index contributed by atoms with van der Waals surface area (Å²) in [5, 5.41) is 8.97. The molecule has 0 aliphatic rings. The molecular weight excluding hydrogens is 274 g/mol. The van der Waals surface area contributed by atoms with E-state index in [-0.39, 0.29) is 18.9 Å². The molecule has 21 heavy (non-hydrogen) atoms. The molecule has 0 radical (unpaired) electrons. The number of carbonyl (C=O) groups excluding carboxylic acids is 1. The lowest BCUT2D eigenvalue weighted by atomic mass is 10.1. The summed E-state index contributed by atoms with van der Waals surface area (Å²) in [5.41, 5.74) is 0. The Kier molecular flexibility index (Phi) is 10.9. The molecule has 0 saturated carbocycles. The second-order valence-corrected chi connectivity index (χ2v) is 5.49. The minimum Gasteiger partial charge on any atom is -0.481 e. The van der Waals surface area contributed by atoms with E-state index in [1.807, 2.05) is 20.8 Å². The number of carboxylic acid groups (broad SMARTS) is 1. The number of carboxylic acids is 1. The highest BCUT2D eigenvalue weighted by Crippen LogP contribution is 2.04. The van der Waals surface area contributed by atoms with Gasteiger partial charge >= 0.3 is 5.97 Å². The Balaban J connectivity index is 4.27. The van der Waals surface area contributed by atoms with Crippen LogP contribution in [0.3, 0.4) is 0 Å². The van der Waals surface area contributed by atoms with Crippen molar-refractivity contribution in [2.75, 3.05) is 39.5 Å². The molecule has 0 bridgehead atoms. The monoisotopic (exact) mass is 303 g/mol. The van der Waals surface area contributed by atoms with Crippen LogP contribution in [0.2, 0.25) is 0 Å². The van der Waals surface area contributed by atoms with Crippen LogP contribution in [0, 0.1) is 11.8 Å². The second kappa shape index (κ2) is 11.5. The third-order valence-corrected chi connectivity index (χ3v) is 2.89. The molecule has 0 aromatic carbocycles. The predicted molar refractivity (Wildman–Crippen MR) is 80.1 cm³/mol. The summed E-state index contributed by atoms with van der Waals surface area (Å²) in [6.07, 6.45) is 0.269. The van der Waals surface area contributed by atoms with Gasteiger partial charge in [0.2, 0.25) is 5.91 Å². The largest absolute Gasteiger partial charge is 0.481 e. The fourth-order valence-electron chi connectivity index (χ4n) is 1.68. The maximum Gasteiger partial charge on any atom is 0.308 e. The van der Waals surface area contributed by atoms with Gasteiger partial charge in [-0.25, -0.2) is 0 Å². The molecule has 0 unspecified atom stereocenters. The van der Waals surface area contributed by atoms with E-state index in [2.05, 4.69) is 0 Å². The van der Waals surface area contributed by atoms with Gasteiger partial charge in [-0.05, 0) is 12.8 Å². The lowest BCUT2D eigenvalue weighted by molar-refractivity contribution is -0.143. The Bertz CT molecular complexity index is 306. The first-order valence-corrected chi connectivity index (χ1v) is 7.54. The van der Waals surface area contributed by atoms with Gasteiger partial charge in [0.15, 0.2) is 0 Å². The molecule has 6 heteroatoms. The lowest BCUT2D eigenvalue weighted by Crippen LogP contribution is -2.39. The molecule has 0 spiro atoms. The van der Waals surface area contributed by atoms with Gasteiger partial charge in [-0.3, -0.25) is 9.59 Å². The first-order chi connectivity index (χ1) is 9.88. The molecule has 1 N–H and O–H groups in total. The average molecular weight is 303 g/mol. The molecule has 0 aromatic rings. The van der Waals surface area contributed by atoms with Crippen molar-refractivity contribution in [2.24, 2.45) is 11.8 Å². The fraction of sp³-hybridized carbons (Fsp3) is 0.867. The minimum atomic E-state index is -0.903. The van der Waals surface area contributed by atoms with E-state index in [1.54, 1.807) is 11.8 Å². The Morgan fingerprint density at radius 1 is 1.14 bits per heavy atom. The molecular formula is C15H29NO5. The number of aliphatic carboxylic acids is 1. The number of amides is 1. The van der Waals surface area contributed by atoms with Gasteiger partial charge in [0, 0.05) is 26.3 Å². The number of rotatable bonds is 12. The van der Waals surface area contributed by atoms with Crippen molar-refractivity contribution in [1.82, 2.24) is 4.90 Å². The van der Waals surface area contributed by atoms with Gasteiger partial charge in [-0.15, -0.1) is 0 Å². The van der Waals surface area contributed by atoms with E-state index >= 15 is 0 Å².